The van der Waals surface area contributed by atoms with Crippen LogP contribution in [0.15, 0.2) is 121 Å². The standard InChI is InChI=1S/C58H54N4S3/c1-3-5-7-9-11-21-33-61-45-27-17-13-23-39(45)51-43(35-49-53(57(51)61)41-25-15-19-29-47(41)63-49)37-31-32-38(56-55(37)59-65-60-56)44-36-50-54(42-26-16-20-30-48(42)64-50)58-52(44)40-24-14-18-28-46(40)62(58)34-22-12-10-8-6-4-2/h13-20,23-32,35-36H,3-12,21-22,33-34H2,1-2H3. The summed E-state index contributed by atoms with van der Waals surface area (Å²) in [6.07, 6.45) is 15.3. The fraction of sp³-hybridized carbons (Fsp3) is 0.276. The smallest absolute Gasteiger partial charge is 0.113 e. The van der Waals surface area contributed by atoms with Crippen LogP contribution in [0.4, 0.5) is 0 Å². The largest absolute Gasteiger partial charge is 0.340 e. The Kier molecular flexibility index (Phi) is 10.9. The maximum Gasteiger partial charge on any atom is 0.113 e. The van der Waals surface area contributed by atoms with Gasteiger partial charge in [-0.2, -0.15) is 8.75 Å². The van der Waals surface area contributed by atoms with Gasteiger partial charge in [0.15, 0.2) is 0 Å². The molecular formula is C58H54N4S3. The third-order valence-corrected chi connectivity index (χ3v) is 17.0. The summed E-state index contributed by atoms with van der Waals surface area (Å²) < 4.78 is 21.1. The van der Waals surface area contributed by atoms with Crippen LogP contribution in [0, 0.1) is 0 Å². The number of nitrogens with zero attached hydrogens (tertiary/aromatic N) is 4. The van der Waals surface area contributed by atoms with Gasteiger partial charge in [-0.1, -0.05) is 163 Å². The predicted molar refractivity (Wildman–Crippen MR) is 287 cm³/mol. The van der Waals surface area contributed by atoms with E-state index in [-0.39, 0.29) is 0 Å². The fourth-order valence-corrected chi connectivity index (χ4v) is 14.1. The maximum absolute atomic E-state index is 5.22. The van der Waals surface area contributed by atoms with E-state index in [2.05, 4.69) is 144 Å². The van der Waals surface area contributed by atoms with Crippen molar-refractivity contribution in [2.75, 3.05) is 0 Å². The third kappa shape index (κ3) is 6.79. The molecule has 0 unspecified atom stereocenters. The summed E-state index contributed by atoms with van der Waals surface area (Å²) in [6, 6.07) is 46.0. The number of para-hydroxylation sites is 2. The lowest BCUT2D eigenvalue weighted by molar-refractivity contribution is 0.571. The van der Waals surface area contributed by atoms with Gasteiger partial charge in [-0.05, 0) is 60.4 Å². The van der Waals surface area contributed by atoms with Crippen LogP contribution in [0.2, 0.25) is 0 Å². The lowest BCUT2D eigenvalue weighted by Crippen LogP contribution is -1.98. The van der Waals surface area contributed by atoms with Crippen LogP contribution in [0.25, 0.3) is 117 Å². The normalized spacial score (nSPS) is 12.4. The molecule has 0 amide bonds. The van der Waals surface area contributed by atoms with Crippen LogP contribution in [0.1, 0.15) is 90.9 Å². The van der Waals surface area contributed by atoms with Crippen LogP contribution in [-0.2, 0) is 13.1 Å². The van der Waals surface area contributed by atoms with Crippen molar-refractivity contribution in [1.82, 2.24) is 17.9 Å². The summed E-state index contributed by atoms with van der Waals surface area (Å²) in [6.45, 7) is 6.62. The van der Waals surface area contributed by atoms with E-state index < -0.39 is 0 Å². The second-order valence-electron chi connectivity index (χ2n) is 18.2. The van der Waals surface area contributed by atoms with E-state index in [1.54, 1.807) is 0 Å². The van der Waals surface area contributed by atoms with E-state index in [1.807, 2.05) is 22.7 Å². The molecule has 0 saturated carbocycles. The number of rotatable bonds is 16. The summed E-state index contributed by atoms with van der Waals surface area (Å²) in [5, 5.41) is 10.8. The molecule has 0 aliphatic carbocycles. The molecule has 5 aromatic heterocycles. The molecule has 12 aromatic rings. The van der Waals surface area contributed by atoms with E-state index in [0.717, 1.165) is 35.2 Å². The van der Waals surface area contributed by atoms with E-state index in [9.17, 15) is 0 Å². The van der Waals surface area contributed by atoms with Crippen LogP contribution >= 0.6 is 34.4 Å². The first-order valence-corrected chi connectivity index (χ1v) is 26.6. The molecule has 5 heterocycles. The first-order valence-electron chi connectivity index (χ1n) is 24.2. The van der Waals surface area contributed by atoms with Gasteiger partial charge in [0, 0.05) is 97.1 Å². The minimum atomic E-state index is 0.988. The molecule has 0 atom stereocenters. The van der Waals surface area contributed by atoms with Crippen molar-refractivity contribution in [3.63, 3.8) is 0 Å². The van der Waals surface area contributed by atoms with Crippen LogP contribution in [0.3, 0.4) is 0 Å². The molecule has 65 heavy (non-hydrogen) atoms. The molecule has 0 radical (unpaired) electrons. The highest BCUT2D eigenvalue weighted by atomic mass is 32.1. The Balaban J connectivity index is 1.08. The number of fused-ring (bicyclic) bond motifs is 15. The van der Waals surface area contributed by atoms with Gasteiger partial charge in [0.2, 0.25) is 0 Å². The number of aryl methyl sites for hydroxylation is 2. The minimum Gasteiger partial charge on any atom is -0.340 e. The molecule has 0 aliphatic rings. The van der Waals surface area contributed by atoms with Gasteiger partial charge in [0.25, 0.3) is 0 Å². The molecule has 0 fully saturated rings. The molecule has 4 nitrogen and oxygen atoms in total. The van der Waals surface area contributed by atoms with Gasteiger partial charge >= 0.3 is 0 Å². The number of aromatic nitrogens is 4. The van der Waals surface area contributed by atoms with Crippen molar-refractivity contribution in [2.24, 2.45) is 0 Å². The van der Waals surface area contributed by atoms with Crippen molar-refractivity contribution in [3.8, 4) is 22.3 Å². The molecule has 0 aliphatic heterocycles. The highest BCUT2D eigenvalue weighted by molar-refractivity contribution is 7.26. The average molecular weight is 903 g/mol. The van der Waals surface area contributed by atoms with Gasteiger partial charge in [0.05, 0.1) is 22.8 Å². The van der Waals surface area contributed by atoms with Crippen molar-refractivity contribution < 1.29 is 0 Å². The predicted octanol–water partition coefficient (Wildman–Crippen LogP) is 18.7. The summed E-state index contributed by atoms with van der Waals surface area (Å²) in [5.41, 5.74) is 12.2. The quantitative estimate of drug-likeness (QED) is 0.0906. The second kappa shape index (κ2) is 17.3. The maximum atomic E-state index is 5.22. The highest BCUT2D eigenvalue weighted by Gasteiger charge is 2.26. The molecule has 7 heteroatoms. The van der Waals surface area contributed by atoms with Crippen molar-refractivity contribution >= 4 is 129 Å². The van der Waals surface area contributed by atoms with E-state index in [4.69, 9.17) is 8.75 Å². The zero-order valence-electron chi connectivity index (χ0n) is 37.5. The molecule has 0 N–H and O–H groups in total. The zero-order chi connectivity index (χ0) is 43.4. The number of hydrogen-bond donors (Lipinski definition) is 0. The monoisotopic (exact) mass is 902 g/mol. The number of benzene rings is 7. The summed E-state index contributed by atoms with van der Waals surface area (Å²) >= 11 is 5.18. The Morgan fingerprint density at radius 2 is 0.785 bits per heavy atom. The SMILES string of the molecule is CCCCCCCCn1c2ccccc2c2c(-c3ccc(-c4cc5sc6ccccc6c5c5c4c4ccccc4n5CCCCCCCC)c4nsnc34)cc3sc4ccccc4c3c21. The van der Waals surface area contributed by atoms with Crippen molar-refractivity contribution in [2.45, 2.75) is 104 Å². The molecule has 12 rings (SSSR count). The average Bonchev–Trinajstić information content (AvgIpc) is 4.18. The molecule has 7 aromatic carbocycles. The Labute approximate surface area is 392 Å². The first kappa shape index (κ1) is 40.9. The lowest BCUT2D eigenvalue weighted by Gasteiger charge is -2.13. The second-order valence-corrected chi connectivity index (χ2v) is 20.9. The van der Waals surface area contributed by atoms with Crippen molar-refractivity contribution in [3.05, 3.63) is 121 Å². The molecule has 0 bridgehead atoms. The van der Waals surface area contributed by atoms with E-state index in [0.29, 0.717) is 0 Å². The van der Waals surface area contributed by atoms with E-state index >= 15 is 0 Å². The van der Waals surface area contributed by atoms with Crippen LogP contribution < -0.4 is 0 Å². The Morgan fingerprint density at radius 1 is 0.385 bits per heavy atom. The topological polar surface area (TPSA) is 35.6 Å². The Bertz CT molecular complexity index is 3480. The number of hydrogen-bond acceptors (Lipinski definition) is 5. The van der Waals surface area contributed by atoms with E-state index in [1.165, 1.54) is 184 Å². The van der Waals surface area contributed by atoms with Gasteiger partial charge in [-0.25, -0.2) is 0 Å². The third-order valence-electron chi connectivity index (χ3n) is 14.2. The Morgan fingerprint density at radius 3 is 1.25 bits per heavy atom. The van der Waals surface area contributed by atoms with Crippen molar-refractivity contribution in [1.29, 1.82) is 0 Å². The molecule has 324 valence electrons. The van der Waals surface area contributed by atoms with Crippen LogP contribution in [-0.4, -0.2) is 17.9 Å². The molecule has 0 spiro atoms. The highest BCUT2D eigenvalue weighted by Crippen LogP contribution is 2.51. The summed E-state index contributed by atoms with van der Waals surface area (Å²) in [4.78, 5) is 0. The molecular weight excluding hydrogens is 849 g/mol. The first-order chi connectivity index (χ1) is 32.2. The summed E-state index contributed by atoms with van der Waals surface area (Å²) in [7, 11) is 0. The fourth-order valence-electron chi connectivity index (χ4n) is 11.2. The summed E-state index contributed by atoms with van der Waals surface area (Å²) in [5.74, 6) is 0. The van der Waals surface area contributed by atoms with Crippen LogP contribution in [0.5, 0.6) is 0 Å². The molecule has 0 saturated heterocycles. The minimum absolute atomic E-state index is 0.988. The van der Waals surface area contributed by atoms with Gasteiger partial charge in [-0.15, -0.1) is 22.7 Å². The number of unbranched alkanes of at least 4 members (excludes halogenated alkanes) is 10. The Hall–Kier alpha value is -5.60. The zero-order valence-corrected chi connectivity index (χ0v) is 39.9. The van der Waals surface area contributed by atoms with Gasteiger partial charge in [0.1, 0.15) is 11.0 Å². The lowest BCUT2D eigenvalue weighted by atomic mass is 9.92. The van der Waals surface area contributed by atoms with Gasteiger partial charge in [-0.3, -0.25) is 0 Å². The van der Waals surface area contributed by atoms with Gasteiger partial charge < -0.3 is 9.13 Å². The number of thiophene rings is 2.